The second-order valence-electron chi connectivity index (χ2n) is 6.35. The number of hydrogen-bond acceptors (Lipinski definition) is 4. The Kier molecular flexibility index (Phi) is 3.75. The minimum atomic E-state index is -0.367. The highest BCUT2D eigenvalue weighted by atomic mass is 32.1. The fraction of sp³-hybridized carbons (Fsp3) is 0.833. The first kappa shape index (κ1) is 13.6. The molecule has 1 aromatic heterocycles. The Balaban J connectivity index is 2.74. The Morgan fingerprint density at radius 3 is 2.12 bits per heavy atom. The lowest BCUT2D eigenvalue weighted by Crippen LogP contribution is -2.28. The van der Waals surface area contributed by atoms with E-state index in [9.17, 15) is 5.11 Å². The van der Waals surface area contributed by atoms with E-state index in [4.69, 9.17) is 0 Å². The van der Waals surface area contributed by atoms with E-state index in [1.165, 1.54) is 11.5 Å². The van der Waals surface area contributed by atoms with Crippen LogP contribution in [0.2, 0.25) is 0 Å². The van der Waals surface area contributed by atoms with E-state index in [-0.39, 0.29) is 16.9 Å². The molecule has 0 aliphatic heterocycles. The zero-order chi connectivity index (χ0) is 12.6. The maximum atomic E-state index is 9.99. The van der Waals surface area contributed by atoms with Crippen molar-refractivity contribution in [1.82, 2.24) is 9.36 Å². The van der Waals surface area contributed by atoms with Crippen LogP contribution in [-0.4, -0.2) is 20.6 Å². The molecule has 0 saturated carbocycles. The molecule has 4 heteroatoms. The van der Waals surface area contributed by atoms with Crippen LogP contribution in [0.4, 0.5) is 0 Å². The van der Waals surface area contributed by atoms with Crippen LogP contribution in [0.1, 0.15) is 52.4 Å². The first-order valence-corrected chi connectivity index (χ1v) is 6.39. The van der Waals surface area contributed by atoms with Crippen molar-refractivity contribution in [2.24, 2.45) is 5.41 Å². The van der Waals surface area contributed by atoms with Crippen LogP contribution in [0.25, 0.3) is 0 Å². The quantitative estimate of drug-likeness (QED) is 0.867. The summed E-state index contributed by atoms with van der Waals surface area (Å²) in [6, 6.07) is 0. The number of aliphatic hydroxyl groups is 1. The third kappa shape index (κ3) is 3.52. The number of aromatic nitrogens is 2. The van der Waals surface area contributed by atoms with Crippen LogP contribution < -0.4 is 0 Å². The van der Waals surface area contributed by atoms with E-state index < -0.39 is 0 Å². The normalized spacial score (nSPS) is 15.2. The molecular weight excluding hydrogens is 220 g/mol. The molecule has 0 aliphatic rings. The molecule has 0 fully saturated rings. The summed E-state index contributed by atoms with van der Waals surface area (Å²) in [7, 11) is 0. The molecule has 3 nitrogen and oxygen atoms in total. The highest BCUT2D eigenvalue weighted by Gasteiger charge is 2.25. The number of aliphatic hydroxyl groups excluding tert-OH is 1. The average Bonchev–Trinajstić information content (AvgIpc) is 2.49. The van der Waals surface area contributed by atoms with Gasteiger partial charge >= 0.3 is 0 Å². The first-order chi connectivity index (χ1) is 7.10. The lowest BCUT2D eigenvalue weighted by molar-refractivity contribution is 0.0635. The van der Waals surface area contributed by atoms with Gasteiger partial charge in [-0.1, -0.05) is 41.5 Å². The molecule has 16 heavy (non-hydrogen) atoms. The summed E-state index contributed by atoms with van der Waals surface area (Å²) < 4.78 is 4.34. The van der Waals surface area contributed by atoms with Gasteiger partial charge in [-0.3, -0.25) is 0 Å². The zero-order valence-electron chi connectivity index (χ0n) is 11.0. The van der Waals surface area contributed by atoms with Crippen LogP contribution in [0.5, 0.6) is 0 Å². The summed E-state index contributed by atoms with van der Waals surface area (Å²) in [5, 5.41) is 10.9. The molecule has 0 saturated heterocycles. The van der Waals surface area contributed by atoms with Crippen LogP contribution in [0.3, 0.4) is 0 Å². The third-order valence-corrected chi connectivity index (χ3v) is 3.24. The topological polar surface area (TPSA) is 46.0 Å². The van der Waals surface area contributed by atoms with Crippen LogP contribution in [0.15, 0.2) is 0 Å². The summed E-state index contributed by atoms with van der Waals surface area (Å²) in [6.07, 6.45) is 0.227. The molecule has 1 rings (SSSR count). The standard InChI is InChI=1S/C12H22N2OS/c1-11(2,3)8(15)7-9-13-10(14-16-9)12(4,5)6/h8,15H,7H2,1-6H3. The average molecular weight is 242 g/mol. The van der Waals surface area contributed by atoms with Gasteiger partial charge in [0.15, 0.2) is 0 Å². The predicted octanol–water partition coefficient (Wildman–Crippen LogP) is 2.79. The monoisotopic (exact) mass is 242 g/mol. The minimum Gasteiger partial charge on any atom is -0.392 e. The van der Waals surface area contributed by atoms with Crippen molar-refractivity contribution >= 4 is 11.5 Å². The van der Waals surface area contributed by atoms with Crippen molar-refractivity contribution in [2.45, 2.75) is 59.5 Å². The smallest absolute Gasteiger partial charge is 0.147 e. The molecule has 1 N–H and O–H groups in total. The van der Waals surface area contributed by atoms with Gasteiger partial charge in [-0.25, -0.2) is 4.98 Å². The van der Waals surface area contributed by atoms with E-state index in [1.54, 1.807) is 0 Å². The first-order valence-electron chi connectivity index (χ1n) is 5.62. The SMILES string of the molecule is CC(C)(C)c1nsc(CC(O)C(C)(C)C)n1. The maximum absolute atomic E-state index is 9.99. The van der Waals surface area contributed by atoms with E-state index in [0.717, 1.165) is 10.8 Å². The van der Waals surface area contributed by atoms with Gasteiger partial charge in [-0.05, 0) is 16.9 Å². The van der Waals surface area contributed by atoms with Gasteiger partial charge in [0.05, 0.1) is 6.10 Å². The Labute approximate surface area is 102 Å². The molecule has 1 unspecified atom stereocenters. The molecule has 0 aromatic carbocycles. The summed E-state index contributed by atoms with van der Waals surface area (Å²) in [5.74, 6) is 0.869. The third-order valence-electron chi connectivity index (χ3n) is 2.51. The Morgan fingerprint density at radius 2 is 1.75 bits per heavy atom. The van der Waals surface area contributed by atoms with Gasteiger partial charge in [0.25, 0.3) is 0 Å². The second-order valence-corrected chi connectivity index (χ2v) is 7.18. The fourth-order valence-corrected chi connectivity index (χ4v) is 1.98. The molecular formula is C12H22N2OS. The van der Waals surface area contributed by atoms with Crippen molar-refractivity contribution in [3.05, 3.63) is 10.8 Å². The molecule has 0 amide bonds. The van der Waals surface area contributed by atoms with Crippen molar-refractivity contribution in [3.63, 3.8) is 0 Å². The molecule has 92 valence electrons. The van der Waals surface area contributed by atoms with Crippen LogP contribution >= 0.6 is 11.5 Å². The van der Waals surface area contributed by atoms with Crippen molar-refractivity contribution in [2.75, 3.05) is 0 Å². The van der Waals surface area contributed by atoms with Gasteiger partial charge in [0.2, 0.25) is 0 Å². The summed E-state index contributed by atoms with van der Waals surface area (Å²) >= 11 is 1.40. The highest BCUT2D eigenvalue weighted by molar-refractivity contribution is 7.05. The molecule has 0 radical (unpaired) electrons. The Hall–Kier alpha value is -0.480. The van der Waals surface area contributed by atoms with E-state index in [1.807, 2.05) is 20.8 Å². The maximum Gasteiger partial charge on any atom is 0.147 e. The molecule has 0 bridgehead atoms. The van der Waals surface area contributed by atoms with E-state index in [2.05, 4.69) is 30.1 Å². The highest BCUT2D eigenvalue weighted by Crippen LogP contribution is 2.25. The Morgan fingerprint density at radius 1 is 1.19 bits per heavy atom. The summed E-state index contributed by atoms with van der Waals surface area (Å²) in [6.45, 7) is 12.4. The Bertz CT molecular complexity index is 347. The number of rotatable bonds is 2. The molecule has 1 atom stereocenters. The predicted molar refractivity (Wildman–Crippen MR) is 67.8 cm³/mol. The van der Waals surface area contributed by atoms with E-state index >= 15 is 0 Å². The van der Waals surface area contributed by atoms with Crippen LogP contribution in [-0.2, 0) is 11.8 Å². The molecule has 0 aliphatic carbocycles. The van der Waals surface area contributed by atoms with E-state index in [0.29, 0.717) is 6.42 Å². The van der Waals surface area contributed by atoms with Crippen molar-refractivity contribution in [1.29, 1.82) is 0 Å². The minimum absolute atomic E-state index is 0.0125. The van der Waals surface area contributed by atoms with Crippen molar-refractivity contribution in [3.8, 4) is 0 Å². The van der Waals surface area contributed by atoms with Crippen LogP contribution in [0, 0.1) is 5.41 Å². The van der Waals surface area contributed by atoms with Gasteiger partial charge in [-0.2, -0.15) is 4.37 Å². The van der Waals surface area contributed by atoms with Gasteiger partial charge < -0.3 is 5.11 Å². The summed E-state index contributed by atoms with van der Waals surface area (Å²) in [4.78, 5) is 4.48. The van der Waals surface area contributed by atoms with Gasteiger partial charge in [-0.15, -0.1) is 0 Å². The van der Waals surface area contributed by atoms with Gasteiger partial charge in [0, 0.05) is 11.8 Å². The van der Waals surface area contributed by atoms with Crippen molar-refractivity contribution < 1.29 is 5.11 Å². The van der Waals surface area contributed by atoms with Gasteiger partial charge in [0.1, 0.15) is 10.8 Å². The summed E-state index contributed by atoms with van der Waals surface area (Å²) in [5.41, 5.74) is -0.116. The second kappa shape index (κ2) is 4.41. The number of nitrogens with zero attached hydrogens (tertiary/aromatic N) is 2. The molecule has 1 heterocycles. The lowest BCUT2D eigenvalue weighted by Gasteiger charge is -2.24. The molecule has 1 aromatic rings. The number of hydrogen-bond donors (Lipinski definition) is 1. The fourth-order valence-electron chi connectivity index (χ4n) is 1.11. The zero-order valence-corrected chi connectivity index (χ0v) is 11.9. The lowest BCUT2D eigenvalue weighted by atomic mass is 9.87. The molecule has 0 spiro atoms. The largest absolute Gasteiger partial charge is 0.392 e.